The lowest BCUT2D eigenvalue weighted by Gasteiger charge is -2.32. The Morgan fingerprint density at radius 2 is 1.63 bits per heavy atom. The van der Waals surface area contributed by atoms with Gasteiger partial charge in [-0.25, -0.2) is 8.42 Å². The predicted octanol–water partition coefficient (Wildman–Crippen LogP) is 1.92. The van der Waals surface area contributed by atoms with Gasteiger partial charge in [0, 0.05) is 17.6 Å². The Kier molecular flexibility index (Phi) is 4.33. The number of ketones is 1. The molecule has 27 heavy (non-hydrogen) atoms. The summed E-state index contributed by atoms with van der Waals surface area (Å²) < 4.78 is 36.5. The van der Waals surface area contributed by atoms with Crippen molar-refractivity contribution >= 4 is 28.2 Å². The van der Waals surface area contributed by atoms with Crippen molar-refractivity contribution in [2.24, 2.45) is 5.92 Å². The molecule has 3 aliphatic rings. The molecule has 2 bridgehead atoms. The van der Waals surface area contributed by atoms with Crippen LogP contribution in [0.5, 0.6) is 0 Å². The van der Waals surface area contributed by atoms with E-state index in [-0.39, 0.29) is 22.2 Å². The van der Waals surface area contributed by atoms with Gasteiger partial charge in [-0.05, 0) is 59.4 Å². The average molecular weight is 391 g/mol. The molecule has 8 heteroatoms. The minimum Gasteiger partial charge on any atom is -0.399 e. The van der Waals surface area contributed by atoms with Crippen LogP contribution in [-0.4, -0.2) is 48.0 Å². The largest absolute Gasteiger partial charge is 0.496 e. The molecule has 1 aromatic rings. The molecule has 0 aromatic carbocycles. The van der Waals surface area contributed by atoms with Crippen molar-refractivity contribution < 1.29 is 22.5 Å². The highest BCUT2D eigenvalue weighted by Gasteiger charge is 2.52. The fourth-order valence-electron chi connectivity index (χ4n) is 4.30. The number of sulfone groups is 1. The van der Waals surface area contributed by atoms with Gasteiger partial charge in [0.2, 0.25) is 0 Å². The van der Waals surface area contributed by atoms with Gasteiger partial charge in [0.1, 0.15) is 5.69 Å². The van der Waals surface area contributed by atoms with E-state index in [0.29, 0.717) is 31.4 Å². The van der Waals surface area contributed by atoms with Crippen molar-refractivity contribution in [3.63, 3.8) is 0 Å². The van der Waals surface area contributed by atoms with Crippen molar-refractivity contribution in [3.05, 3.63) is 24.0 Å². The lowest BCUT2D eigenvalue weighted by molar-refractivity contribution is 0.00578. The Hall–Kier alpha value is -1.25. The molecular weight excluding hydrogens is 365 g/mol. The van der Waals surface area contributed by atoms with Crippen LogP contribution in [0.3, 0.4) is 0 Å². The van der Waals surface area contributed by atoms with Gasteiger partial charge >= 0.3 is 7.12 Å². The van der Waals surface area contributed by atoms with E-state index in [1.807, 2.05) is 33.8 Å². The normalized spacial score (nSPS) is 33.2. The molecule has 4 heterocycles. The number of hydrogen-bond acceptors (Lipinski definition) is 6. The van der Waals surface area contributed by atoms with Gasteiger partial charge in [0.25, 0.3) is 0 Å². The first-order chi connectivity index (χ1) is 12.5. The summed E-state index contributed by atoms with van der Waals surface area (Å²) >= 11 is 0. The van der Waals surface area contributed by atoms with E-state index in [4.69, 9.17) is 9.31 Å². The third kappa shape index (κ3) is 3.06. The van der Waals surface area contributed by atoms with Crippen LogP contribution in [0.25, 0.3) is 0 Å². The van der Waals surface area contributed by atoms with Crippen molar-refractivity contribution in [1.29, 1.82) is 0 Å². The van der Waals surface area contributed by atoms with Crippen LogP contribution >= 0.6 is 0 Å². The molecule has 0 N–H and O–H groups in total. The summed E-state index contributed by atoms with van der Waals surface area (Å²) in [4.78, 5) is 17.2. The van der Waals surface area contributed by atoms with Crippen molar-refractivity contribution in [1.82, 2.24) is 4.98 Å². The van der Waals surface area contributed by atoms with Crippen molar-refractivity contribution in [2.45, 2.75) is 75.1 Å². The summed E-state index contributed by atoms with van der Waals surface area (Å²) in [7, 11) is -3.54. The second-order valence-electron chi connectivity index (χ2n) is 9.01. The minimum absolute atomic E-state index is 0.0535. The standard InChI is InChI=1S/C19H26BNO5S/c1-18(2)19(3,4)26-20(25-18)13-5-8-16(21-11-13)17(22)12-9-14-6-7-15(10-12)27(14,23)24/h5,8,11-12,14-15H,6-7,9-10H2,1-4H3. The molecule has 1 aromatic heterocycles. The summed E-state index contributed by atoms with van der Waals surface area (Å²) in [5, 5.41) is -0.705. The lowest BCUT2D eigenvalue weighted by Crippen LogP contribution is -2.41. The maximum atomic E-state index is 12.8. The van der Waals surface area contributed by atoms with Crippen LogP contribution in [0, 0.1) is 5.92 Å². The van der Waals surface area contributed by atoms with Gasteiger partial charge in [-0.3, -0.25) is 9.78 Å². The van der Waals surface area contributed by atoms with E-state index in [2.05, 4.69) is 4.98 Å². The van der Waals surface area contributed by atoms with Gasteiger partial charge in [0.05, 0.1) is 21.7 Å². The van der Waals surface area contributed by atoms with E-state index in [0.717, 1.165) is 5.46 Å². The number of carbonyl (C=O) groups is 1. The molecule has 2 atom stereocenters. The molecule has 146 valence electrons. The highest BCUT2D eigenvalue weighted by atomic mass is 32.2. The molecule has 3 aliphatic heterocycles. The number of nitrogens with zero attached hydrogens (tertiary/aromatic N) is 1. The quantitative estimate of drug-likeness (QED) is 0.578. The van der Waals surface area contributed by atoms with E-state index in [1.54, 1.807) is 12.3 Å². The number of fused-ring (bicyclic) bond motifs is 2. The Bertz CT molecular complexity index is 829. The summed E-state index contributed by atoms with van der Waals surface area (Å²) in [6.07, 6.45) is 3.86. The molecular formula is C19H26BNO5S. The summed E-state index contributed by atoms with van der Waals surface area (Å²) in [6.45, 7) is 7.96. The van der Waals surface area contributed by atoms with Gasteiger partial charge < -0.3 is 9.31 Å². The first-order valence-electron chi connectivity index (χ1n) is 9.60. The van der Waals surface area contributed by atoms with Crippen LogP contribution in [0.1, 0.15) is 63.9 Å². The Morgan fingerprint density at radius 1 is 1.07 bits per heavy atom. The zero-order valence-electron chi connectivity index (χ0n) is 16.3. The number of pyridine rings is 1. The molecule has 3 fully saturated rings. The molecule has 0 amide bonds. The summed E-state index contributed by atoms with van der Waals surface area (Å²) in [5.41, 5.74) is 0.299. The third-order valence-electron chi connectivity index (χ3n) is 6.77. The third-order valence-corrected chi connectivity index (χ3v) is 9.48. The molecule has 0 spiro atoms. The smallest absolute Gasteiger partial charge is 0.399 e. The Labute approximate surface area is 161 Å². The molecule has 0 aliphatic carbocycles. The fraction of sp³-hybridized carbons (Fsp3) is 0.684. The van der Waals surface area contributed by atoms with Crippen LogP contribution in [0.15, 0.2) is 18.3 Å². The monoisotopic (exact) mass is 391 g/mol. The maximum absolute atomic E-state index is 12.8. The van der Waals surface area contributed by atoms with Gasteiger partial charge in [-0.2, -0.15) is 0 Å². The number of Topliss-reactive ketones (excluding diaryl/α,β-unsaturated/α-hetero) is 1. The van der Waals surface area contributed by atoms with Crippen molar-refractivity contribution in [3.8, 4) is 0 Å². The first-order valence-corrected chi connectivity index (χ1v) is 11.2. The zero-order valence-corrected chi connectivity index (χ0v) is 17.1. The average Bonchev–Trinajstić information content (AvgIpc) is 2.89. The van der Waals surface area contributed by atoms with Crippen LogP contribution < -0.4 is 5.46 Å². The van der Waals surface area contributed by atoms with Crippen LogP contribution in [0.4, 0.5) is 0 Å². The topological polar surface area (TPSA) is 82.6 Å². The van der Waals surface area contributed by atoms with Gasteiger partial charge in [-0.1, -0.05) is 6.07 Å². The highest BCUT2D eigenvalue weighted by Crippen LogP contribution is 2.42. The molecule has 0 saturated carbocycles. The van der Waals surface area contributed by atoms with Gasteiger partial charge in [-0.15, -0.1) is 0 Å². The number of hydrogen-bond donors (Lipinski definition) is 0. The van der Waals surface area contributed by atoms with E-state index < -0.39 is 28.2 Å². The second kappa shape index (κ2) is 6.13. The summed E-state index contributed by atoms with van der Waals surface area (Å²) in [5.74, 6) is -0.302. The highest BCUT2D eigenvalue weighted by molar-refractivity contribution is 7.93. The number of carbonyl (C=O) groups excluding carboxylic acids is 1. The predicted molar refractivity (Wildman–Crippen MR) is 103 cm³/mol. The van der Waals surface area contributed by atoms with Gasteiger partial charge in [0.15, 0.2) is 15.6 Å². The zero-order chi connectivity index (χ0) is 19.6. The lowest BCUT2D eigenvalue weighted by atomic mass is 9.80. The van der Waals surface area contributed by atoms with E-state index >= 15 is 0 Å². The molecule has 6 nitrogen and oxygen atoms in total. The fourth-order valence-corrected chi connectivity index (χ4v) is 6.77. The molecule has 3 saturated heterocycles. The Morgan fingerprint density at radius 3 is 2.11 bits per heavy atom. The maximum Gasteiger partial charge on any atom is 0.496 e. The number of rotatable bonds is 3. The second-order valence-corrected chi connectivity index (χ2v) is 11.5. The van der Waals surface area contributed by atoms with E-state index in [9.17, 15) is 13.2 Å². The van der Waals surface area contributed by atoms with Crippen LogP contribution in [-0.2, 0) is 19.1 Å². The van der Waals surface area contributed by atoms with E-state index in [1.165, 1.54) is 0 Å². The minimum atomic E-state index is -3.02. The summed E-state index contributed by atoms with van der Waals surface area (Å²) in [6, 6.07) is 3.52. The van der Waals surface area contributed by atoms with Crippen molar-refractivity contribution in [2.75, 3.05) is 0 Å². The first kappa shape index (κ1) is 19.1. The molecule has 2 unspecified atom stereocenters. The Balaban J connectivity index is 1.48. The number of aromatic nitrogens is 1. The molecule has 4 rings (SSSR count). The molecule has 0 radical (unpaired) electrons. The van der Waals surface area contributed by atoms with Crippen LogP contribution in [0.2, 0.25) is 0 Å². The SMILES string of the molecule is CC1(C)OB(c2ccc(C(=O)C3CC4CCC(C3)S4(=O)=O)nc2)OC1(C)C.